The van der Waals surface area contributed by atoms with Crippen LogP contribution in [0.5, 0.6) is 0 Å². The molecule has 2 fully saturated rings. The first-order valence-corrected chi connectivity index (χ1v) is 21.5. The predicted octanol–water partition coefficient (Wildman–Crippen LogP) is 7.79. The number of carbonyl (C=O) groups is 4. The number of aliphatic hydroxyl groups excluding tert-OH is 2. The summed E-state index contributed by atoms with van der Waals surface area (Å²) in [4.78, 5) is 54.1. The van der Waals surface area contributed by atoms with Crippen LogP contribution in [0.4, 0.5) is 0 Å². The zero-order valence-corrected chi connectivity index (χ0v) is 36.2. The van der Waals surface area contributed by atoms with Gasteiger partial charge >= 0.3 is 11.9 Å². The Morgan fingerprint density at radius 1 is 0.724 bits per heavy atom. The number of rotatable bonds is 16. The molecule has 2 aliphatic heterocycles. The first-order chi connectivity index (χ1) is 27.9. The average molecular weight is 831 g/mol. The van der Waals surface area contributed by atoms with E-state index in [-0.39, 0.29) is 47.7 Å². The molecular formula is C46H58N2O8S2. The van der Waals surface area contributed by atoms with E-state index in [1.165, 1.54) is 36.9 Å². The van der Waals surface area contributed by atoms with E-state index in [1.807, 2.05) is 86.1 Å². The molecule has 2 aromatic rings. The Hall–Kier alpha value is -4.72. The van der Waals surface area contributed by atoms with Crippen molar-refractivity contribution in [3.05, 3.63) is 80.2 Å². The normalized spacial score (nSPS) is 18.8. The summed E-state index contributed by atoms with van der Waals surface area (Å²) in [6.45, 7) is 8.95. The van der Waals surface area contributed by atoms with Crippen molar-refractivity contribution in [3.63, 3.8) is 0 Å². The van der Waals surface area contributed by atoms with E-state index in [0.29, 0.717) is 48.5 Å². The van der Waals surface area contributed by atoms with Crippen LogP contribution in [0.15, 0.2) is 60.7 Å². The molecule has 0 radical (unpaired) electrons. The minimum Gasteiger partial charge on any atom is -0.465 e. The molecule has 58 heavy (non-hydrogen) atoms. The highest BCUT2D eigenvalue weighted by atomic mass is 32.1. The summed E-state index contributed by atoms with van der Waals surface area (Å²) < 4.78 is 9.43. The second-order valence-electron chi connectivity index (χ2n) is 14.0. The Balaban J connectivity index is 0.000000310. The fraction of sp³-hybridized carbons (Fsp3) is 0.478. The Morgan fingerprint density at radius 3 is 1.48 bits per heavy atom. The minimum absolute atomic E-state index is 0.00954. The Kier molecular flexibility index (Phi) is 21.0. The van der Waals surface area contributed by atoms with Crippen LogP contribution >= 0.6 is 22.7 Å². The van der Waals surface area contributed by atoms with Gasteiger partial charge in [0.05, 0.1) is 38.5 Å². The quantitative estimate of drug-likeness (QED) is 0.0996. The van der Waals surface area contributed by atoms with Gasteiger partial charge in [-0.15, -0.1) is 46.4 Å². The van der Waals surface area contributed by atoms with Crippen LogP contribution in [0.1, 0.15) is 108 Å². The van der Waals surface area contributed by atoms with Gasteiger partial charge < -0.3 is 29.5 Å². The highest BCUT2D eigenvalue weighted by Crippen LogP contribution is 2.24. The molecule has 12 heteroatoms. The second kappa shape index (κ2) is 25.6. The average Bonchev–Trinajstić information content (AvgIpc) is 4.04. The standard InChI is InChI=1S/2C23H29NO4S/c2*1-4-5-6-8-17(2)20(25)13-10-18-11-15-22(26)24(18)16-7-9-19-12-14-21(29-19)23(27)28-3/h2*7,9-10,12-14,17-18,20,25H,4,8,11,15-16H2,1-3H3/b2*9-7-,13-10+/t17?,18-,20+;17?,18-,20-/m00/s1. The summed E-state index contributed by atoms with van der Waals surface area (Å²) >= 11 is 2.70. The lowest BCUT2D eigenvalue weighted by atomic mass is 10.00. The number of aliphatic hydroxyl groups is 2. The van der Waals surface area contributed by atoms with Gasteiger partial charge in [-0.1, -0.05) is 64.2 Å². The van der Waals surface area contributed by atoms with Gasteiger partial charge in [0.1, 0.15) is 9.75 Å². The number of nitrogens with zero attached hydrogens (tertiary/aromatic N) is 2. The molecule has 6 atom stereocenters. The number of methoxy groups -OCH3 is 2. The van der Waals surface area contributed by atoms with E-state index >= 15 is 0 Å². The molecule has 10 nitrogen and oxygen atoms in total. The molecule has 0 bridgehead atoms. The number of hydrogen-bond acceptors (Lipinski definition) is 10. The molecule has 2 aromatic heterocycles. The van der Waals surface area contributed by atoms with E-state index in [1.54, 1.807) is 24.3 Å². The predicted molar refractivity (Wildman–Crippen MR) is 233 cm³/mol. The van der Waals surface area contributed by atoms with E-state index in [9.17, 15) is 29.4 Å². The van der Waals surface area contributed by atoms with Crippen LogP contribution in [0.2, 0.25) is 0 Å². The lowest BCUT2D eigenvalue weighted by Gasteiger charge is -2.21. The third kappa shape index (κ3) is 15.6. The van der Waals surface area contributed by atoms with E-state index in [2.05, 4.69) is 23.7 Å². The van der Waals surface area contributed by atoms with Gasteiger partial charge in [0.15, 0.2) is 0 Å². The van der Waals surface area contributed by atoms with E-state index < -0.39 is 12.2 Å². The van der Waals surface area contributed by atoms with Crippen LogP contribution in [-0.4, -0.2) is 95.4 Å². The van der Waals surface area contributed by atoms with Crippen LogP contribution < -0.4 is 0 Å². The van der Waals surface area contributed by atoms with Gasteiger partial charge in [-0.25, -0.2) is 9.59 Å². The second-order valence-corrected chi connectivity index (χ2v) is 16.3. The highest BCUT2D eigenvalue weighted by molar-refractivity contribution is 7.15. The van der Waals surface area contributed by atoms with E-state index in [4.69, 9.17) is 9.47 Å². The van der Waals surface area contributed by atoms with Crippen LogP contribution in [0.3, 0.4) is 0 Å². The summed E-state index contributed by atoms with van der Waals surface area (Å²) in [5.41, 5.74) is 0. The summed E-state index contributed by atoms with van der Waals surface area (Å²) in [7, 11) is 2.72. The molecule has 2 saturated heterocycles. The Labute approximate surface area is 352 Å². The van der Waals surface area contributed by atoms with Crippen molar-refractivity contribution < 1.29 is 38.9 Å². The number of ether oxygens (including phenoxy) is 2. The molecular weight excluding hydrogens is 773 g/mol. The number of esters is 2. The summed E-state index contributed by atoms with van der Waals surface area (Å²) in [5, 5.41) is 20.6. The summed E-state index contributed by atoms with van der Waals surface area (Å²) in [5.74, 6) is 11.8. The van der Waals surface area contributed by atoms with E-state index in [0.717, 1.165) is 35.4 Å². The molecule has 312 valence electrons. The van der Waals surface area contributed by atoms with Crippen molar-refractivity contribution in [3.8, 4) is 23.7 Å². The number of hydrogen-bond donors (Lipinski definition) is 2. The molecule has 4 rings (SSSR count). The first kappa shape index (κ1) is 47.7. The maximum absolute atomic E-state index is 12.2. The summed E-state index contributed by atoms with van der Waals surface area (Å²) in [6, 6.07) is 7.16. The first-order valence-electron chi connectivity index (χ1n) is 19.8. The zero-order valence-electron chi connectivity index (χ0n) is 34.5. The smallest absolute Gasteiger partial charge is 0.348 e. The van der Waals surface area contributed by atoms with Crippen molar-refractivity contribution in [2.45, 2.75) is 103 Å². The van der Waals surface area contributed by atoms with Crippen molar-refractivity contribution in [2.75, 3.05) is 27.3 Å². The van der Waals surface area contributed by atoms with Crippen molar-refractivity contribution in [1.82, 2.24) is 9.80 Å². The fourth-order valence-corrected chi connectivity index (χ4v) is 7.79. The lowest BCUT2D eigenvalue weighted by molar-refractivity contribution is -0.128. The Bertz CT molecular complexity index is 1760. The van der Waals surface area contributed by atoms with Gasteiger partial charge in [-0.2, -0.15) is 0 Å². The summed E-state index contributed by atoms with van der Waals surface area (Å²) in [6.07, 6.45) is 19.5. The third-order valence-corrected chi connectivity index (χ3v) is 11.7. The molecule has 2 unspecified atom stereocenters. The SMILES string of the molecule is CCC#CCC(C)[C@@H](O)/C=C/[C@H]1CCC(=O)N1C/C=C\c1ccc(C(=O)OC)s1.CCC#CCC(C)[C@H](O)/C=C/[C@H]1CCC(=O)N1C/C=C\c1ccc(C(=O)OC)s1. The largest absolute Gasteiger partial charge is 0.465 e. The van der Waals surface area contributed by atoms with Crippen LogP contribution in [0.25, 0.3) is 12.2 Å². The molecule has 0 aliphatic carbocycles. The molecule has 2 N–H and O–H groups in total. The maximum atomic E-state index is 12.2. The molecule has 0 saturated carbocycles. The minimum atomic E-state index is -0.572. The molecule has 4 heterocycles. The monoisotopic (exact) mass is 830 g/mol. The van der Waals surface area contributed by atoms with Gasteiger partial charge in [0, 0.05) is 61.4 Å². The van der Waals surface area contributed by atoms with Crippen molar-refractivity contribution in [1.29, 1.82) is 0 Å². The Morgan fingerprint density at radius 2 is 1.12 bits per heavy atom. The maximum Gasteiger partial charge on any atom is 0.348 e. The van der Waals surface area contributed by atoms with Crippen molar-refractivity contribution >= 4 is 58.6 Å². The number of thiophene rings is 2. The number of likely N-dealkylation sites (tertiary alicyclic amines) is 2. The van der Waals surface area contributed by atoms with Gasteiger partial charge in [-0.3, -0.25) is 9.59 Å². The molecule has 0 aromatic carbocycles. The topological polar surface area (TPSA) is 134 Å². The van der Waals surface area contributed by atoms with Gasteiger partial charge in [0.2, 0.25) is 11.8 Å². The lowest BCUT2D eigenvalue weighted by Crippen LogP contribution is -2.32. The number of amides is 2. The third-order valence-electron chi connectivity index (χ3n) is 9.62. The van der Waals surface area contributed by atoms with Crippen LogP contribution in [-0.2, 0) is 19.1 Å². The molecule has 0 spiro atoms. The highest BCUT2D eigenvalue weighted by Gasteiger charge is 2.29. The molecule has 2 aliphatic rings. The van der Waals surface area contributed by atoms with Gasteiger partial charge in [-0.05, 0) is 61.1 Å². The van der Waals surface area contributed by atoms with Gasteiger partial charge in [0.25, 0.3) is 0 Å². The fourth-order valence-electron chi connectivity index (χ4n) is 6.08. The zero-order chi connectivity index (χ0) is 42.5. The number of carbonyl (C=O) groups excluding carboxylic acids is 4. The van der Waals surface area contributed by atoms with Crippen molar-refractivity contribution in [2.24, 2.45) is 11.8 Å². The molecule has 2 amide bonds. The van der Waals surface area contributed by atoms with Crippen LogP contribution in [0, 0.1) is 35.5 Å².